The molecule has 1 N–H and O–H groups in total. The summed E-state index contributed by atoms with van der Waals surface area (Å²) in [5, 5.41) is 10.3. The highest BCUT2D eigenvalue weighted by molar-refractivity contribution is 5.16. The summed E-state index contributed by atoms with van der Waals surface area (Å²) in [5.41, 5.74) is 2.09. The number of hydrogen-bond donors (Lipinski definition) is 1. The molecule has 30 heavy (non-hydrogen) atoms. The summed E-state index contributed by atoms with van der Waals surface area (Å²) in [7, 11) is 0. The van der Waals surface area contributed by atoms with Crippen LogP contribution in [0, 0.1) is 46.3 Å². The van der Waals surface area contributed by atoms with E-state index in [1.165, 1.54) is 44.1 Å². The lowest BCUT2D eigenvalue weighted by Gasteiger charge is -2.61. The van der Waals surface area contributed by atoms with Gasteiger partial charge in [0.15, 0.2) is 5.79 Å². The molecule has 3 nitrogen and oxygen atoms in total. The molecule has 4 aliphatic carbocycles. The minimum Gasteiger partial charge on any atom is -0.393 e. The van der Waals surface area contributed by atoms with Crippen LogP contribution in [0.15, 0.2) is 12.2 Å². The van der Waals surface area contributed by atoms with Crippen LogP contribution < -0.4 is 0 Å². The highest BCUT2D eigenvalue weighted by Gasteiger charge is 2.69. The maximum absolute atomic E-state index is 10.3. The fourth-order valence-electron chi connectivity index (χ4n) is 10.1. The summed E-state index contributed by atoms with van der Waals surface area (Å²) >= 11 is 0. The van der Waals surface area contributed by atoms with E-state index in [4.69, 9.17) is 9.47 Å². The van der Waals surface area contributed by atoms with Gasteiger partial charge in [-0.15, -0.1) is 0 Å². The van der Waals surface area contributed by atoms with Crippen LogP contribution in [0.3, 0.4) is 0 Å². The fourth-order valence-corrected chi connectivity index (χ4v) is 10.1. The van der Waals surface area contributed by atoms with Gasteiger partial charge in [-0.2, -0.15) is 0 Å². The third kappa shape index (κ3) is 2.55. The number of fused-ring (bicyclic) bond motifs is 7. The van der Waals surface area contributed by atoms with Crippen molar-refractivity contribution in [2.45, 2.75) is 103 Å². The standard InChI is InChI=1S/C27H42O3/c1-16-7-12-27(29-15-16)17(2)24-23(30-27)14-22-20-6-5-18-13-19(28)8-10-25(18,3)21(20)9-11-26(22,24)4/h17-24,28H,1,5-15H2,2-4H3/t17-,18-,19-,20+,21-,22-,23-,24-,25-,26-,27+/m0/s1. The summed E-state index contributed by atoms with van der Waals surface area (Å²) in [6, 6.07) is 0. The molecular formula is C27H42O3. The summed E-state index contributed by atoms with van der Waals surface area (Å²) in [5.74, 6) is 4.07. The van der Waals surface area contributed by atoms with Crippen LogP contribution in [0.2, 0.25) is 0 Å². The fraction of sp³-hybridized carbons (Fsp3) is 0.926. The van der Waals surface area contributed by atoms with Crippen LogP contribution >= 0.6 is 0 Å². The molecule has 0 aromatic heterocycles. The molecule has 2 aliphatic heterocycles. The first-order valence-electron chi connectivity index (χ1n) is 12.9. The summed E-state index contributed by atoms with van der Waals surface area (Å²) < 4.78 is 13.2. The van der Waals surface area contributed by atoms with E-state index in [9.17, 15) is 5.11 Å². The number of hydrogen-bond acceptors (Lipinski definition) is 3. The zero-order valence-electron chi connectivity index (χ0n) is 19.4. The van der Waals surface area contributed by atoms with Crippen molar-refractivity contribution >= 4 is 0 Å². The smallest absolute Gasteiger partial charge is 0.172 e. The van der Waals surface area contributed by atoms with Gasteiger partial charge in [0.2, 0.25) is 0 Å². The van der Waals surface area contributed by atoms with E-state index >= 15 is 0 Å². The molecule has 3 heteroatoms. The summed E-state index contributed by atoms with van der Waals surface area (Å²) in [6.07, 6.45) is 12.4. The molecule has 0 aromatic rings. The average Bonchev–Trinajstić information content (AvgIpc) is 3.16. The lowest BCUT2D eigenvalue weighted by atomic mass is 9.44. The van der Waals surface area contributed by atoms with Gasteiger partial charge in [0, 0.05) is 12.3 Å². The third-order valence-electron chi connectivity index (χ3n) is 11.7. The maximum atomic E-state index is 10.3. The summed E-state index contributed by atoms with van der Waals surface area (Å²) in [4.78, 5) is 0. The first-order chi connectivity index (χ1) is 14.3. The molecule has 0 unspecified atom stereocenters. The molecule has 6 rings (SSSR count). The molecular weight excluding hydrogens is 372 g/mol. The van der Waals surface area contributed by atoms with Crippen molar-refractivity contribution in [3.63, 3.8) is 0 Å². The van der Waals surface area contributed by atoms with Gasteiger partial charge in [0.25, 0.3) is 0 Å². The van der Waals surface area contributed by atoms with E-state index < -0.39 is 0 Å². The minimum absolute atomic E-state index is 0.0451. The Labute approximate surface area is 183 Å². The van der Waals surface area contributed by atoms with Crippen molar-refractivity contribution in [3.05, 3.63) is 12.2 Å². The molecule has 0 bridgehead atoms. The number of ether oxygens (including phenoxy) is 2. The normalized spacial score (nSPS) is 60.1. The monoisotopic (exact) mass is 414 g/mol. The molecule has 2 saturated heterocycles. The van der Waals surface area contributed by atoms with Crippen LogP contribution in [-0.4, -0.2) is 29.7 Å². The van der Waals surface area contributed by atoms with E-state index in [1.807, 2.05) is 0 Å². The van der Waals surface area contributed by atoms with Gasteiger partial charge >= 0.3 is 0 Å². The Bertz CT molecular complexity index is 722. The quantitative estimate of drug-likeness (QED) is 0.516. The molecule has 0 amide bonds. The minimum atomic E-state index is -0.343. The van der Waals surface area contributed by atoms with Crippen LogP contribution in [0.1, 0.15) is 85.0 Å². The van der Waals surface area contributed by atoms with Gasteiger partial charge in [-0.1, -0.05) is 32.9 Å². The van der Waals surface area contributed by atoms with Gasteiger partial charge in [-0.25, -0.2) is 0 Å². The Hall–Kier alpha value is -0.380. The molecule has 2 heterocycles. The Balaban J connectivity index is 1.26. The van der Waals surface area contributed by atoms with Crippen molar-refractivity contribution in [1.29, 1.82) is 0 Å². The predicted molar refractivity (Wildman–Crippen MR) is 118 cm³/mol. The molecule has 168 valence electrons. The van der Waals surface area contributed by atoms with Gasteiger partial charge < -0.3 is 14.6 Å². The van der Waals surface area contributed by atoms with E-state index in [1.54, 1.807) is 0 Å². The van der Waals surface area contributed by atoms with Crippen molar-refractivity contribution in [2.75, 3.05) is 6.61 Å². The average molecular weight is 415 g/mol. The zero-order chi connectivity index (χ0) is 20.9. The molecule has 1 spiro atoms. The Morgan fingerprint density at radius 2 is 1.77 bits per heavy atom. The van der Waals surface area contributed by atoms with Gasteiger partial charge in [0.1, 0.15) is 0 Å². The highest BCUT2D eigenvalue weighted by atomic mass is 16.7. The highest BCUT2D eigenvalue weighted by Crippen LogP contribution is 2.71. The topological polar surface area (TPSA) is 38.7 Å². The van der Waals surface area contributed by atoms with E-state index in [-0.39, 0.29) is 11.9 Å². The Kier molecular flexibility index (Phi) is 4.44. The van der Waals surface area contributed by atoms with Gasteiger partial charge in [0.05, 0.1) is 18.8 Å². The molecule has 0 radical (unpaired) electrons. The van der Waals surface area contributed by atoms with Crippen LogP contribution in [0.25, 0.3) is 0 Å². The lowest BCUT2D eigenvalue weighted by Crippen LogP contribution is -2.55. The van der Waals surface area contributed by atoms with Gasteiger partial charge in [-0.3, -0.25) is 0 Å². The largest absolute Gasteiger partial charge is 0.393 e. The van der Waals surface area contributed by atoms with Crippen molar-refractivity contribution in [1.82, 2.24) is 0 Å². The molecule has 6 aliphatic rings. The maximum Gasteiger partial charge on any atom is 0.172 e. The summed E-state index contributed by atoms with van der Waals surface area (Å²) in [6.45, 7) is 12.5. The zero-order valence-corrected chi connectivity index (χ0v) is 19.4. The number of aliphatic hydroxyl groups is 1. The number of aliphatic hydroxyl groups excluding tert-OH is 1. The first-order valence-corrected chi connectivity index (χ1v) is 12.9. The molecule has 6 fully saturated rings. The molecule has 11 atom stereocenters. The third-order valence-corrected chi connectivity index (χ3v) is 11.7. The van der Waals surface area contributed by atoms with E-state index in [0.29, 0.717) is 35.4 Å². The van der Waals surface area contributed by atoms with E-state index in [2.05, 4.69) is 27.4 Å². The van der Waals surface area contributed by atoms with E-state index in [0.717, 1.165) is 49.4 Å². The van der Waals surface area contributed by atoms with Crippen LogP contribution in [0.5, 0.6) is 0 Å². The predicted octanol–water partition coefficient (Wildman–Crippen LogP) is 5.71. The van der Waals surface area contributed by atoms with Crippen LogP contribution in [-0.2, 0) is 9.47 Å². The Morgan fingerprint density at radius 1 is 0.967 bits per heavy atom. The van der Waals surface area contributed by atoms with Crippen molar-refractivity contribution in [3.8, 4) is 0 Å². The lowest BCUT2D eigenvalue weighted by molar-refractivity contribution is -0.256. The first kappa shape index (κ1) is 20.2. The SMILES string of the molecule is C=C1CC[C@@]2(OC1)O[C@H]1C[C@H]3[C@@H]4CC[C@H]5C[C@@H](O)CC[C@]5(C)[C@H]4CC[C@]3(C)[C@H]1[C@@H]2C. The second-order valence-corrected chi connectivity index (χ2v) is 12.7. The molecule has 0 aromatic carbocycles. The van der Waals surface area contributed by atoms with Crippen LogP contribution in [0.4, 0.5) is 0 Å². The van der Waals surface area contributed by atoms with Crippen molar-refractivity contribution in [2.24, 2.45) is 46.3 Å². The second kappa shape index (κ2) is 6.58. The van der Waals surface area contributed by atoms with Crippen molar-refractivity contribution < 1.29 is 14.6 Å². The Morgan fingerprint density at radius 3 is 2.53 bits per heavy atom. The van der Waals surface area contributed by atoms with Gasteiger partial charge in [-0.05, 0) is 98.2 Å². The second-order valence-electron chi connectivity index (χ2n) is 12.7. The molecule has 4 saturated carbocycles. The number of rotatable bonds is 0.